The van der Waals surface area contributed by atoms with Gasteiger partial charge >= 0.3 is 5.97 Å². The molecular weight excluding hydrogens is 432 g/mol. The number of hydrogen-bond donors (Lipinski definition) is 1. The lowest BCUT2D eigenvalue weighted by atomic mass is 9.46. The maximum atomic E-state index is 13.8. The van der Waals surface area contributed by atoms with Gasteiger partial charge in [-0.1, -0.05) is 0 Å². The van der Waals surface area contributed by atoms with Crippen LogP contribution in [0.2, 0.25) is 5.28 Å². The van der Waals surface area contributed by atoms with E-state index in [-0.39, 0.29) is 28.5 Å². The smallest absolute Gasteiger partial charge is 0.361 e. The lowest BCUT2D eigenvalue weighted by Crippen LogP contribution is -2.60. The molecule has 6 rings (SSSR count). The number of nitrogens with zero attached hydrogens (tertiary/aromatic N) is 5. The second kappa shape index (κ2) is 7.57. The van der Waals surface area contributed by atoms with E-state index in [1.807, 2.05) is 11.6 Å². The van der Waals surface area contributed by atoms with Crippen molar-refractivity contribution in [1.82, 2.24) is 24.5 Å². The third-order valence-corrected chi connectivity index (χ3v) is 7.50. The molecule has 4 aliphatic carbocycles. The highest BCUT2D eigenvalue weighted by Gasteiger charge is 2.61. The lowest BCUT2D eigenvalue weighted by molar-refractivity contribution is -0.150. The number of aryl methyl sites for hydroxylation is 1. The Kier molecular flexibility index (Phi) is 5.07. The van der Waals surface area contributed by atoms with Crippen LogP contribution in [0.15, 0.2) is 12.5 Å². The minimum absolute atomic E-state index is 0.0450. The number of carbonyl (C=O) groups is 2. The molecule has 10 heteroatoms. The van der Waals surface area contributed by atoms with Crippen molar-refractivity contribution in [2.75, 3.05) is 5.32 Å². The van der Waals surface area contributed by atoms with Gasteiger partial charge in [-0.3, -0.25) is 9.48 Å². The van der Waals surface area contributed by atoms with Crippen molar-refractivity contribution in [1.29, 1.82) is 0 Å². The summed E-state index contributed by atoms with van der Waals surface area (Å²) in [6, 6.07) is 0. The number of hydrogen-bond acceptors (Lipinski definition) is 6. The molecule has 0 aliphatic heterocycles. The summed E-state index contributed by atoms with van der Waals surface area (Å²) in [4.78, 5) is 30.5. The van der Waals surface area contributed by atoms with Gasteiger partial charge < -0.3 is 10.1 Å². The van der Waals surface area contributed by atoms with Crippen molar-refractivity contribution in [3.63, 3.8) is 0 Å². The molecule has 4 fully saturated rings. The molecule has 4 aliphatic rings. The van der Waals surface area contributed by atoms with E-state index >= 15 is 0 Å². The Hall–Kier alpha value is -2.42. The topological polar surface area (TPSA) is 104 Å². The number of carbonyl (C=O) groups excluding carboxylic acids is 2. The Labute approximate surface area is 191 Å². The molecule has 9 nitrogen and oxygen atoms in total. The molecule has 1 N–H and O–H groups in total. The number of rotatable bonds is 6. The molecule has 2 aromatic heterocycles. The van der Waals surface area contributed by atoms with Gasteiger partial charge in [-0.25, -0.2) is 14.5 Å². The first-order valence-corrected chi connectivity index (χ1v) is 11.8. The highest BCUT2D eigenvalue weighted by molar-refractivity contribution is 6.28. The molecule has 4 bridgehead atoms. The van der Waals surface area contributed by atoms with Gasteiger partial charge in [0.15, 0.2) is 5.69 Å². The maximum Gasteiger partial charge on any atom is 0.361 e. The number of ether oxygens (including phenoxy) is 1. The van der Waals surface area contributed by atoms with Crippen molar-refractivity contribution < 1.29 is 14.3 Å². The van der Waals surface area contributed by atoms with Crippen molar-refractivity contribution in [3.05, 3.63) is 23.5 Å². The number of nitrogens with one attached hydrogen (secondary N) is 1. The van der Waals surface area contributed by atoms with E-state index < -0.39 is 11.4 Å². The molecule has 2 heterocycles. The summed E-state index contributed by atoms with van der Waals surface area (Å²) in [5.74, 6) is 0.362. The van der Waals surface area contributed by atoms with Gasteiger partial charge in [0.05, 0.1) is 22.7 Å². The average Bonchev–Trinajstić information content (AvgIpc) is 3.33. The van der Waals surface area contributed by atoms with Gasteiger partial charge in [0.2, 0.25) is 11.2 Å². The second-order valence-corrected chi connectivity index (χ2v) is 10.4. The fourth-order valence-corrected chi connectivity index (χ4v) is 6.69. The third kappa shape index (κ3) is 3.50. The van der Waals surface area contributed by atoms with E-state index in [1.54, 1.807) is 31.1 Å². The fourth-order valence-electron chi connectivity index (χ4n) is 6.57. The molecule has 2 aromatic rings. The van der Waals surface area contributed by atoms with Crippen molar-refractivity contribution >= 4 is 29.2 Å². The second-order valence-electron chi connectivity index (χ2n) is 10.1. The summed E-state index contributed by atoms with van der Waals surface area (Å²) in [7, 11) is 0. The summed E-state index contributed by atoms with van der Waals surface area (Å²) in [6.45, 7) is 6.10. The van der Waals surface area contributed by atoms with Gasteiger partial charge in [0, 0.05) is 12.7 Å². The molecule has 2 atom stereocenters. The summed E-state index contributed by atoms with van der Waals surface area (Å²) < 4.78 is 8.89. The zero-order valence-corrected chi connectivity index (χ0v) is 19.4. The molecule has 4 saturated carbocycles. The van der Waals surface area contributed by atoms with Crippen LogP contribution in [0, 0.1) is 17.3 Å². The Morgan fingerprint density at radius 2 is 1.97 bits per heavy atom. The number of halogens is 1. The Morgan fingerprint density at radius 1 is 1.25 bits per heavy atom. The van der Waals surface area contributed by atoms with E-state index in [0.29, 0.717) is 30.5 Å². The molecule has 0 aromatic carbocycles. The number of esters is 1. The molecule has 1 amide bonds. The van der Waals surface area contributed by atoms with Crippen LogP contribution in [-0.2, 0) is 21.6 Å². The van der Waals surface area contributed by atoms with E-state index in [2.05, 4.69) is 20.5 Å². The third-order valence-electron chi connectivity index (χ3n) is 7.33. The predicted octanol–water partition coefficient (Wildman–Crippen LogP) is 3.65. The van der Waals surface area contributed by atoms with E-state index in [9.17, 15) is 9.59 Å². The molecule has 0 saturated heterocycles. The number of aromatic nitrogens is 5. The van der Waals surface area contributed by atoms with Crippen LogP contribution in [0.25, 0.3) is 0 Å². The van der Waals surface area contributed by atoms with Gasteiger partial charge in [-0.05, 0) is 82.7 Å². The maximum absolute atomic E-state index is 13.8. The van der Waals surface area contributed by atoms with Gasteiger partial charge in [0.1, 0.15) is 6.33 Å². The fraction of sp³-hybridized carbons (Fsp3) is 0.682. The van der Waals surface area contributed by atoms with Crippen LogP contribution in [0.5, 0.6) is 0 Å². The van der Waals surface area contributed by atoms with Crippen molar-refractivity contribution in [3.8, 4) is 0 Å². The van der Waals surface area contributed by atoms with Gasteiger partial charge in [0.25, 0.3) is 0 Å². The van der Waals surface area contributed by atoms with Crippen LogP contribution in [0.3, 0.4) is 0 Å². The first kappa shape index (κ1) is 21.4. The minimum atomic E-state index is -0.526. The Balaban J connectivity index is 1.44. The van der Waals surface area contributed by atoms with E-state index in [4.69, 9.17) is 16.3 Å². The highest BCUT2D eigenvalue weighted by Crippen LogP contribution is 2.64. The summed E-state index contributed by atoms with van der Waals surface area (Å²) in [5.41, 5.74) is -0.169. The molecule has 172 valence electrons. The quantitative estimate of drug-likeness (QED) is 0.660. The van der Waals surface area contributed by atoms with Crippen molar-refractivity contribution in [2.24, 2.45) is 17.3 Å². The average molecular weight is 461 g/mol. The Morgan fingerprint density at radius 3 is 2.56 bits per heavy atom. The van der Waals surface area contributed by atoms with Crippen LogP contribution >= 0.6 is 11.6 Å². The summed E-state index contributed by atoms with van der Waals surface area (Å²) >= 11 is 6.03. The lowest BCUT2D eigenvalue weighted by Gasteiger charge is -2.60. The largest absolute Gasteiger partial charge is 0.458 e. The number of anilines is 1. The van der Waals surface area contributed by atoms with E-state index in [0.717, 1.165) is 32.1 Å². The first-order valence-electron chi connectivity index (χ1n) is 11.4. The highest BCUT2D eigenvalue weighted by atomic mass is 35.5. The molecule has 0 spiro atoms. The zero-order chi connectivity index (χ0) is 22.7. The Bertz CT molecular complexity index is 1050. The molecule has 32 heavy (non-hydrogen) atoms. The first-order chi connectivity index (χ1) is 15.2. The van der Waals surface area contributed by atoms with Crippen LogP contribution in [0.4, 0.5) is 5.69 Å². The van der Waals surface area contributed by atoms with E-state index in [1.165, 1.54) is 0 Å². The van der Waals surface area contributed by atoms with Crippen LogP contribution in [0.1, 0.15) is 69.8 Å². The standard InChI is InChI=1S/C22H29ClN6O3/c1-4-28-10-16(17(26-28)18(30)32-13(2)3)25-19(31)21-6-14-5-15(7-21)9-22(8-14,11-21)29-12-24-20(23)27-29/h10,12-15H,4-9,11H2,1-3H3,(H,25,31). The minimum Gasteiger partial charge on any atom is -0.458 e. The summed E-state index contributed by atoms with van der Waals surface area (Å²) in [6.07, 6.45) is 8.70. The van der Waals surface area contributed by atoms with Crippen LogP contribution in [-0.4, -0.2) is 42.5 Å². The molecule has 2 unspecified atom stereocenters. The predicted molar refractivity (Wildman–Crippen MR) is 117 cm³/mol. The van der Waals surface area contributed by atoms with Crippen molar-refractivity contribution in [2.45, 2.75) is 77.5 Å². The van der Waals surface area contributed by atoms with Gasteiger partial charge in [-0.15, -0.1) is 5.10 Å². The monoisotopic (exact) mass is 460 g/mol. The molecule has 0 radical (unpaired) electrons. The molecular formula is C22H29ClN6O3. The van der Waals surface area contributed by atoms with Crippen LogP contribution < -0.4 is 5.32 Å². The zero-order valence-electron chi connectivity index (χ0n) is 18.7. The summed E-state index contributed by atoms with van der Waals surface area (Å²) in [5, 5.41) is 12.0. The number of amides is 1. The van der Waals surface area contributed by atoms with Gasteiger partial charge in [-0.2, -0.15) is 5.10 Å². The SMILES string of the molecule is CCn1cc(NC(=O)C23CC4CC(C2)CC(n2cnc(Cl)n2)(C4)C3)c(C(=O)OC(C)C)n1. The normalized spacial score (nSPS) is 30.7.